The molecule has 1 aromatic rings. The molecule has 0 spiro atoms. The third-order valence-corrected chi connectivity index (χ3v) is 4.74. The first-order chi connectivity index (χ1) is 10.4. The standard InChI is InChI=1S/C19H13NS/c1-2-6-14(7-3-1)18-10-4-8-17-16-9-5-11-20-13-15(16)12-19(17)21-18/h1-13H. The van der Waals surface area contributed by atoms with E-state index < -0.39 is 0 Å². The Balaban J connectivity index is 1.83. The number of allylic oxidation sites excluding steroid dienone is 2. The first-order valence-electron chi connectivity index (χ1n) is 6.90. The Hall–Kier alpha value is -2.32. The van der Waals surface area contributed by atoms with E-state index in [1.807, 2.05) is 30.2 Å². The van der Waals surface area contributed by atoms with E-state index in [2.05, 4.69) is 65.7 Å². The van der Waals surface area contributed by atoms with Gasteiger partial charge >= 0.3 is 0 Å². The minimum atomic E-state index is 1.19. The molecule has 3 aliphatic rings. The molecule has 1 aromatic carbocycles. The lowest BCUT2D eigenvalue weighted by Gasteiger charge is -2.05. The molecule has 0 bridgehead atoms. The van der Waals surface area contributed by atoms with Gasteiger partial charge in [-0.05, 0) is 34.9 Å². The summed E-state index contributed by atoms with van der Waals surface area (Å²) in [6, 6.07) is 16.9. The van der Waals surface area contributed by atoms with Gasteiger partial charge in [-0.1, -0.05) is 60.3 Å². The lowest BCUT2D eigenvalue weighted by atomic mass is 10.1. The van der Waals surface area contributed by atoms with E-state index in [0.717, 1.165) is 0 Å². The maximum absolute atomic E-state index is 4.27. The summed E-state index contributed by atoms with van der Waals surface area (Å²) >= 11 is 1.82. The Morgan fingerprint density at radius 3 is 2.71 bits per heavy atom. The second-order valence-electron chi connectivity index (χ2n) is 4.94. The summed E-state index contributed by atoms with van der Waals surface area (Å²) < 4.78 is 0. The molecule has 2 heterocycles. The number of thioether (sulfide) groups is 1. The molecule has 0 fully saturated rings. The first kappa shape index (κ1) is 12.4. The highest BCUT2D eigenvalue weighted by Gasteiger charge is 2.17. The highest BCUT2D eigenvalue weighted by atomic mass is 32.2. The van der Waals surface area contributed by atoms with Gasteiger partial charge in [-0.15, -0.1) is 0 Å². The number of aromatic nitrogens is 1. The number of rotatable bonds is 1. The minimum Gasteiger partial charge on any atom is -0.264 e. The summed E-state index contributed by atoms with van der Waals surface area (Å²) in [7, 11) is 0. The molecule has 0 saturated heterocycles. The SMILES string of the molecule is C1=Cc2c(cc3cncccc2-3)SC(c2ccccc2)=C1. The molecule has 2 aliphatic heterocycles. The molecular formula is C19H13NS. The molecule has 2 heteroatoms. The van der Waals surface area contributed by atoms with Crippen molar-refractivity contribution >= 4 is 22.7 Å². The van der Waals surface area contributed by atoms with Crippen LogP contribution in [-0.4, -0.2) is 4.98 Å². The van der Waals surface area contributed by atoms with Crippen molar-refractivity contribution in [1.29, 1.82) is 0 Å². The zero-order chi connectivity index (χ0) is 14.1. The highest BCUT2D eigenvalue weighted by Crippen LogP contribution is 2.44. The van der Waals surface area contributed by atoms with Crippen molar-refractivity contribution in [3.8, 4) is 11.1 Å². The molecule has 0 unspecified atom stereocenters. The van der Waals surface area contributed by atoms with Crippen LogP contribution >= 0.6 is 11.8 Å². The second-order valence-corrected chi connectivity index (χ2v) is 6.02. The molecule has 4 rings (SSSR count). The topological polar surface area (TPSA) is 12.9 Å². The predicted molar refractivity (Wildman–Crippen MR) is 90.2 cm³/mol. The van der Waals surface area contributed by atoms with Crippen molar-refractivity contribution in [1.82, 2.24) is 4.98 Å². The number of hydrogen-bond acceptors (Lipinski definition) is 2. The fourth-order valence-corrected chi connectivity index (χ4v) is 3.70. The number of fused-ring (bicyclic) bond motifs is 3. The van der Waals surface area contributed by atoms with E-state index in [4.69, 9.17) is 0 Å². The maximum Gasteiger partial charge on any atom is 0.0346 e. The van der Waals surface area contributed by atoms with E-state index in [1.165, 1.54) is 32.1 Å². The molecule has 0 N–H and O–H groups in total. The van der Waals surface area contributed by atoms with Crippen molar-refractivity contribution < 1.29 is 0 Å². The van der Waals surface area contributed by atoms with Gasteiger partial charge in [0, 0.05) is 27.8 Å². The summed E-state index contributed by atoms with van der Waals surface area (Å²) in [6.07, 6.45) is 10.3. The summed E-state index contributed by atoms with van der Waals surface area (Å²) in [6.45, 7) is 0. The Morgan fingerprint density at radius 1 is 0.905 bits per heavy atom. The number of hydrogen-bond donors (Lipinski definition) is 0. The zero-order valence-corrected chi connectivity index (χ0v) is 12.2. The van der Waals surface area contributed by atoms with Crippen LogP contribution in [0.1, 0.15) is 11.1 Å². The van der Waals surface area contributed by atoms with Gasteiger partial charge in [0.05, 0.1) is 0 Å². The molecule has 1 nitrogen and oxygen atoms in total. The Morgan fingerprint density at radius 2 is 1.81 bits per heavy atom. The molecule has 0 atom stereocenters. The van der Waals surface area contributed by atoms with Crippen molar-refractivity contribution in [2.24, 2.45) is 0 Å². The van der Waals surface area contributed by atoms with Crippen molar-refractivity contribution in [2.75, 3.05) is 0 Å². The molecule has 1 aliphatic carbocycles. The van der Waals surface area contributed by atoms with Crippen LogP contribution in [0, 0.1) is 0 Å². The van der Waals surface area contributed by atoms with Gasteiger partial charge in [0.25, 0.3) is 0 Å². The minimum absolute atomic E-state index is 1.19. The van der Waals surface area contributed by atoms with Crippen LogP contribution < -0.4 is 0 Å². The first-order valence-corrected chi connectivity index (χ1v) is 7.72. The molecule has 100 valence electrons. The van der Waals surface area contributed by atoms with E-state index >= 15 is 0 Å². The molecule has 0 saturated carbocycles. The van der Waals surface area contributed by atoms with Gasteiger partial charge in [0.15, 0.2) is 0 Å². The van der Waals surface area contributed by atoms with Gasteiger partial charge in [0.1, 0.15) is 0 Å². The van der Waals surface area contributed by atoms with Crippen LogP contribution in [0.3, 0.4) is 0 Å². The third kappa shape index (κ3) is 2.28. The molecular weight excluding hydrogens is 274 g/mol. The van der Waals surface area contributed by atoms with Gasteiger partial charge in [-0.2, -0.15) is 0 Å². The van der Waals surface area contributed by atoms with Crippen molar-refractivity contribution in [3.63, 3.8) is 0 Å². The summed E-state index contributed by atoms with van der Waals surface area (Å²) in [5.41, 5.74) is 4.99. The Labute approximate surface area is 128 Å². The van der Waals surface area contributed by atoms with Crippen LogP contribution in [-0.2, 0) is 0 Å². The van der Waals surface area contributed by atoms with Gasteiger partial charge in [-0.3, -0.25) is 4.98 Å². The monoisotopic (exact) mass is 287 g/mol. The van der Waals surface area contributed by atoms with Crippen LogP contribution in [0.25, 0.3) is 22.1 Å². The normalized spacial score (nSPS) is 13.6. The van der Waals surface area contributed by atoms with Gasteiger partial charge < -0.3 is 0 Å². The van der Waals surface area contributed by atoms with E-state index in [1.54, 1.807) is 0 Å². The largest absolute Gasteiger partial charge is 0.264 e. The molecule has 0 aromatic heterocycles. The van der Waals surface area contributed by atoms with Crippen LogP contribution in [0.15, 0.2) is 78.0 Å². The second kappa shape index (κ2) is 5.23. The molecule has 21 heavy (non-hydrogen) atoms. The lowest BCUT2D eigenvalue weighted by molar-refractivity contribution is 1.37. The third-order valence-electron chi connectivity index (χ3n) is 3.59. The Bertz CT molecular complexity index is 818. The van der Waals surface area contributed by atoms with Crippen LogP contribution in [0.2, 0.25) is 0 Å². The van der Waals surface area contributed by atoms with E-state index in [-0.39, 0.29) is 0 Å². The predicted octanol–water partition coefficient (Wildman–Crippen LogP) is 5.35. The van der Waals surface area contributed by atoms with Crippen LogP contribution in [0.5, 0.6) is 0 Å². The number of benzene rings is 1. The smallest absolute Gasteiger partial charge is 0.0346 e. The summed E-state index contributed by atoms with van der Waals surface area (Å²) in [5.74, 6) is 0. The Kier molecular flexibility index (Phi) is 3.09. The summed E-state index contributed by atoms with van der Waals surface area (Å²) in [5, 5.41) is 0. The van der Waals surface area contributed by atoms with E-state index in [9.17, 15) is 0 Å². The van der Waals surface area contributed by atoms with Crippen LogP contribution in [0.4, 0.5) is 0 Å². The van der Waals surface area contributed by atoms with Crippen molar-refractivity contribution in [3.05, 3.63) is 84.2 Å². The number of nitrogens with zero attached hydrogens (tertiary/aromatic N) is 1. The highest BCUT2D eigenvalue weighted by molar-refractivity contribution is 8.08. The quantitative estimate of drug-likeness (QED) is 0.598. The average Bonchev–Trinajstić information content (AvgIpc) is 2.72. The fourth-order valence-electron chi connectivity index (χ4n) is 2.59. The lowest BCUT2D eigenvalue weighted by Crippen LogP contribution is -1.78. The molecule has 0 amide bonds. The zero-order valence-electron chi connectivity index (χ0n) is 11.4. The van der Waals surface area contributed by atoms with Gasteiger partial charge in [0.2, 0.25) is 0 Å². The van der Waals surface area contributed by atoms with E-state index in [0.29, 0.717) is 0 Å². The molecule has 0 radical (unpaired) electrons. The summed E-state index contributed by atoms with van der Waals surface area (Å²) in [4.78, 5) is 6.84. The maximum atomic E-state index is 4.27. The van der Waals surface area contributed by atoms with Crippen molar-refractivity contribution in [2.45, 2.75) is 4.90 Å². The van der Waals surface area contributed by atoms with Gasteiger partial charge in [-0.25, -0.2) is 0 Å². The fraction of sp³-hybridized carbons (Fsp3) is 0. The average molecular weight is 287 g/mol.